The maximum absolute atomic E-state index is 12.9. The van der Waals surface area contributed by atoms with Crippen molar-refractivity contribution in [3.05, 3.63) is 70.7 Å². The molecule has 3 aromatic rings. The van der Waals surface area contributed by atoms with Crippen molar-refractivity contribution in [1.82, 2.24) is 14.6 Å². The number of hydrogen-bond donors (Lipinski definition) is 2. The number of anilines is 2. The van der Waals surface area contributed by atoms with Crippen molar-refractivity contribution < 1.29 is 8.42 Å². The molecule has 0 spiro atoms. The highest BCUT2D eigenvalue weighted by Crippen LogP contribution is 2.26. The Morgan fingerprint density at radius 2 is 1.90 bits per heavy atom. The molecule has 0 unspecified atom stereocenters. The molecule has 1 fully saturated rings. The first-order valence-corrected chi connectivity index (χ1v) is 12.0. The molecular weight excluding hydrogens is 416 g/mol. The van der Waals surface area contributed by atoms with Gasteiger partial charge in [0.1, 0.15) is 0 Å². The number of hydrogen-bond acceptors (Lipinski definition) is 6. The van der Waals surface area contributed by atoms with E-state index in [9.17, 15) is 8.42 Å². The lowest BCUT2D eigenvalue weighted by Crippen LogP contribution is -2.46. The molecule has 156 valence electrons. The Morgan fingerprint density at radius 1 is 1.10 bits per heavy atom. The molecule has 2 aromatic carbocycles. The number of nitrogens with zero attached hydrogens (tertiary/aromatic N) is 2. The van der Waals surface area contributed by atoms with Crippen molar-refractivity contribution in [3.8, 4) is 0 Å². The second kappa shape index (κ2) is 9.09. The van der Waals surface area contributed by atoms with Crippen LogP contribution in [0.2, 0.25) is 0 Å². The quantitative estimate of drug-likeness (QED) is 0.607. The summed E-state index contributed by atoms with van der Waals surface area (Å²) in [5, 5.41) is 7.12. The van der Waals surface area contributed by atoms with Crippen molar-refractivity contribution in [1.29, 1.82) is 0 Å². The summed E-state index contributed by atoms with van der Waals surface area (Å²) >= 11 is 1.52. The van der Waals surface area contributed by atoms with Gasteiger partial charge >= 0.3 is 0 Å². The van der Waals surface area contributed by atoms with E-state index in [-0.39, 0.29) is 0 Å². The Balaban J connectivity index is 1.47. The SMILES string of the molecule is Cc1cccc(/C=C/c2cnc(Nc3cccc(S(=O)(=O)N4CCNCC4)c3)s2)c1. The van der Waals surface area contributed by atoms with E-state index in [0.29, 0.717) is 36.8 Å². The van der Waals surface area contributed by atoms with Gasteiger partial charge in [-0.15, -0.1) is 0 Å². The van der Waals surface area contributed by atoms with Gasteiger partial charge in [0.25, 0.3) is 0 Å². The smallest absolute Gasteiger partial charge is 0.243 e. The Hall–Kier alpha value is -2.52. The first-order chi connectivity index (χ1) is 14.5. The monoisotopic (exact) mass is 440 g/mol. The largest absolute Gasteiger partial charge is 0.331 e. The van der Waals surface area contributed by atoms with E-state index in [1.54, 1.807) is 24.4 Å². The Morgan fingerprint density at radius 3 is 2.70 bits per heavy atom. The van der Waals surface area contributed by atoms with Gasteiger partial charge in [-0.25, -0.2) is 13.4 Å². The summed E-state index contributed by atoms with van der Waals surface area (Å²) in [7, 11) is -3.49. The zero-order valence-corrected chi connectivity index (χ0v) is 18.3. The molecule has 30 heavy (non-hydrogen) atoms. The van der Waals surface area contributed by atoms with E-state index < -0.39 is 10.0 Å². The number of piperazine rings is 1. The highest BCUT2D eigenvalue weighted by Gasteiger charge is 2.25. The fourth-order valence-electron chi connectivity index (χ4n) is 3.27. The Labute approximate surface area is 181 Å². The van der Waals surface area contributed by atoms with Crippen LogP contribution in [-0.2, 0) is 10.0 Å². The molecule has 8 heteroatoms. The Bertz CT molecular complexity index is 1150. The lowest BCUT2D eigenvalue weighted by molar-refractivity contribution is 0.360. The van der Waals surface area contributed by atoms with Crippen LogP contribution >= 0.6 is 11.3 Å². The predicted molar refractivity (Wildman–Crippen MR) is 124 cm³/mol. The number of rotatable bonds is 6. The molecule has 0 atom stereocenters. The second-order valence-electron chi connectivity index (χ2n) is 7.12. The van der Waals surface area contributed by atoms with Gasteiger partial charge in [-0.05, 0) is 36.8 Å². The van der Waals surface area contributed by atoms with Crippen LogP contribution in [0.4, 0.5) is 10.8 Å². The minimum absolute atomic E-state index is 0.297. The van der Waals surface area contributed by atoms with E-state index >= 15 is 0 Å². The van der Waals surface area contributed by atoms with Gasteiger partial charge < -0.3 is 10.6 Å². The van der Waals surface area contributed by atoms with E-state index in [0.717, 1.165) is 15.6 Å². The molecule has 2 N–H and O–H groups in total. The number of thiazole rings is 1. The van der Waals surface area contributed by atoms with Crippen LogP contribution in [-0.4, -0.2) is 43.9 Å². The van der Waals surface area contributed by atoms with Crippen LogP contribution in [0, 0.1) is 6.92 Å². The van der Waals surface area contributed by atoms with Crippen LogP contribution in [0.3, 0.4) is 0 Å². The first-order valence-electron chi connectivity index (χ1n) is 9.79. The minimum atomic E-state index is -3.49. The third-order valence-electron chi connectivity index (χ3n) is 4.80. The summed E-state index contributed by atoms with van der Waals surface area (Å²) in [6.45, 7) is 4.40. The van der Waals surface area contributed by atoms with Crippen molar-refractivity contribution in [2.24, 2.45) is 0 Å². The van der Waals surface area contributed by atoms with Crippen LogP contribution in [0.25, 0.3) is 12.2 Å². The van der Waals surface area contributed by atoms with Crippen molar-refractivity contribution >= 4 is 44.3 Å². The molecule has 0 aliphatic carbocycles. The molecule has 1 aliphatic rings. The van der Waals surface area contributed by atoms with E-state index in [1.165, 1.54) is 21.2 Å². The fourth-order valence-corrected chi connectivity index (χ4v) is 5.49. The molecular formula is C22H24N4O2S2. The zero-order chi connectivity index (χ0) is 21.0. The summed E-state index contributed by atoms with van der Waals surface area (Å²) < 4.78 is 27.3. The first kappa shape index (κ1) is 20.7. The number of sulfonamides is 1. The van der Waals surface area contributed by atoms with Gasteiger partial charge in [0, 0.05) is 42.9 Å². The Kier molecular flexibility index (Phi) is 6.29. The molecule has 0 amide bonds. The summed E-state index contributed by atoms with van der Waals surface area (Å²) in [6, 6.07) is 15.2. The molecule has 1 aromatic heterocycles. The molecule has 0 saturated carbocycles. The highest BCUT2D eigenvalue weighted by molar-refractivity contribution is 7.89. The standard InChI is InChI=1S/C22H24N4O2S2/c1-17-4-2-5-18(14-17)8-9-20-16-24-22(29-20)25-19-6-3-7-21(15-19)30(27,28)26-12-10-23-11-13-26/h2-9,14-16,23H,10-13H2,1H3,(H,24,25)/b9-8+. The van der Waals surface area contributed by atoms with Gasteiger partial charge in [0.15, 0.2) is 5.13 Å². The normalized spacial score (nSPS) is 15.5. The van der Waals surface area contributed by atoms with Crippen molar-refractivity contribution in [3.63, 3.8) is 0 Å². The van der Waals surface area contributed by atoms with E-state index in [1.807, 2.05) is 18.2 Å². The van der Waals surface area contributed by atoms with Crippen molar-refractivity contribution in [2.75, 3.05) is 31.5 Å². The van der Waals surface area contributed by atoms with E-state index in [2.05, 4.69) is 46.8 Å². The fraction of sp³-hybridized carbons (Fsp3) is 0.227. The summed E-state index contributed by atoms with van der Waals surface area (Å²) in [5.74, 6) is 0. The third kappa shape index (κ3) is 4.96. The average molecular weight is 441 g/mol. The predicted octanol–water partition coefficient (Wildman–Crippen LogP) is 3.96. The molecule has 1 aliphatic heterocycles. The van der Waals surface area contributed by atoms with Crippen molar-refractivity contribution in [2.45, 2.75) is 11.8 Å². The van der Waals surface area contributed by atoms with Gasteiger partial charge in [0.05, 0.1) is 4.90 Å². The van der Waals surface area contributed by atoms with Gasteiger partial charge in [-0.3, -0.25) is 0 Å². The number of aryl methyl sites for hydroxylation is 1. The number of aromatic nitrogens is 1. The topological polar surface area (TPSA) is 74.3 Å². The molecule has 1 saturated heterocycles. The van der Waals surface area contributed by atoms with Gasteiger partial charge in [-0.2, -0.15) is 4.31 Å². The summed E-state index contributed by atoms with van der Waals surface area (Å²) in [6.07, 6.45) is 5.90. The maximum atomic E-state index is 12.9. The molecule has 6 nitrogen and oxygen atoms in total. The van der Waals surface area contributed by atoms with Crippen LogP contribution in [0.1, 0.15) is 16.0 Å². The number of benzene rings is 2. The number of nitrogens with one attached hydrogen (secondary N) is 2. The molecule has 0 bridgehead atoms. The van der Waals surface area contributed by atoms with Crippen LogP contribution in [0.5, 0.6) is 0 Å². The lowest BCUT2D eigenvalue weighted by Gasteiger charge is -2.26. The molecule has 0 radical (unpaired) electrons. The van der Waals surface area contributed by atoms with Crippen LogP contribution in [0.15, 0.2) is 59.6 Å². The van der Waals surface area contributed by atoms with Crippen LogP contribution < -0.4 is 10.6 Å². The van der Waals surface area contributed by atoms with E-state index in [4.69, 9.17) is 0 Å². The zero-order valence-electron chi connectivity index (χ0n) is 16.7. The van der Waals surface area contributed by atoms with Gasteiger partial charge in [-0.1, -0.05) is 53.3 Å². The third-order valence-corrected chi connectivity index (χ3v) is 7.58. The second-order valence-corrected chi connectivity index (χ2v) is 10.1. The molecule has 2 heterocycles. The summed E-state index contributed by atoms with van der Waals surface area (Å²) in [5.41, 5.74) is 3.07. The lowest BCUT2D eigenvalue weighted by atomic mass is 10.1. The highest BCUT2D eigenvalue weighted by atomic mass is 32.2. The maximum Gasteiger partial charge on any atom is 0.243 e. The average Bonchev–Trinajstić information content (AvgIpc) is 3.20. The van der Waals surface area contributed by atoms with Gasteiger partial charge in [0.2, 0.25) is 10.0 Å². The minimum Gasteiger partial charge on any atom is -0.331 e. The summed E-state index contributed by atoms with van der Waals surface area (Å²) in [4.78, 5) is 5.73. The molecule has 4 rings (SSSR count).